The standard InChI is InChI=1S/C15H26N2O2/c1-5-6-15(4,18)10-17-13-7-12(16)8-14(9-13)19-11(2)3/h7-9,11,17-18H,5-6,10,16H2,1-4H3. The summed E-state index contributed by atoms with van der Waals surface area (Å²) in [5.74, 6) is 0.743. The number of ether oxygens (including phenoxy) is 1. The van der Waals surface area contributed by atoms with Crippen LogP contribution in [0.15, 0.2) is 18.2 Å². The highest BCUT2D eigenvalue weighted by molar-refractivity contribution is 5.59. The van der Waals surface area contributed by atoms with Gasteiger partial charge in [0, 0.05) is 30.1 Å². The van der Waals surface area contributed by atoms with Gasteiger partial charge in [-0.3, -0.25) is 0 Å². The van der Waals surface area contributed by atoms with Crippen LogP contribution in [0.4, 0.5) is 11.4 Å². The van der Waals surface area contributed by atoms with Gasteiger partial charge in [-0.15, -0.1) is 0 Å². The zero-order chi connectivity index (χ0) is 14.5. The molecule has 4 N–H and O–H groups in total. The number of nitrogens with two attached hydrogens (primary N) is 1. The van der Waals surface area contributed by atoms with Crippen LogP contribution >= 0.6 is 0 Å². The summed E-state index contributed by atoms with van der Waals surface area (Å²) in [5, 5.41) is 13.3. The van der Waals surface area contributed by atoms with Crippen LogP contribution < -0.4 is 15.8 Å². The quantitative estimate of drug-likeness (QED) is 0.664. The fourth-order valence-corrected chi connectivity index (χ4v) is 1.98. The fourth-order valence-electron chi connectivity index (χ4n) is 1.98. The number of aliphatic hydroxyl groups is 1. The summed E-state index contributed by atoms with van der Waals surface area (Å²) in [6.45, 7) is 8.33. The molecule has 1 aromatic carbocycles. The smallest absolute Gasteiger partial charge is 0.123 e. The zero-order valence-electron chi connectivity index (χ0n) is 12.4. The number of rotatable bonds is 7. The van der Waals surface area contributed by atoms with Gasteiger partial charge < -0.3 is 20.9 Å². The van der Waals surface area contributed by atoms with Crippen molar-refractivity contribution < 1.29 is 9.84 Å². The molecule has 1 aromatic rings. The van der Waals surface area contributed by atoms with Crippen LogP contribution in [0.5, 0.6) is 5.75 Å². The third-order valence-electron chi connectivity index (χ3n) is 2.76. The molecule has 1 rings (SSSR count). The SMILES string of the molecule is CCCC(C)(O)CNc1cc(N)cc(OC(C)C)c1. The Morgan fingerprint density at radius 3 is 2.63 bits per heavy atom. The molecule has 0 saturated heterocycles. The maximum atomic E-state index is 10.1. The van der Waals surface area contributed by atoms with Crippen molar-refractivity contribution in [1.29, 1.82) is 0 Å². The van der Waals surface area contributed by atoms with E-state index in [4.69, 9.17) is 10.5 Å². The molecular weight excluding hydrogens is 240 g/mol. The highest BCUT2D eigenvalue weighted by Crippen LogP contribution is 2.24. The minimum Gasteiger partial charge on any atom is -0.491 e. The summed E-state index contributed by atoms with van der Waals surface area (Å²) in [4.78, 5) is 0. The second-order valence-corrected chi connectivity index (χ2v) is 5.56. The van der Waals surface area contributed by atoms with Gasteiger partial charge >= 0.3 is 0 Å². The van der Waals surface area contributed by atoms with E-state index in [9.17, 15) is 5.11 Å². The van der Waals surface area contributed by atoms with E-state index in [1.807, 2.05) is 32.9 Å². The van der Waals surface area contributed by atoms with E-state index in [0.29, 0.717) is 12.2 Å². The van der Waals surface area contributed by atoms with E-state index < -0.39 is 5.60 Å². The average molecular weight is 266 g/mol. The molecule has 19 heavy (non-hydrogen) atoms. The van der Waals surface area contributed by atoms with Crippen molar-refractivity contribution in [3.05, 3.63) is 18.2 Å². The van der Waals surface area contributed by atoms with E-state index >= 15 is 0 Å². The van der Waals surface area contributed by atoms with Gasteiger partial charge in [-0.1, -0.05) is 13.3 Å². The van der Waals surface area contributed by atoms with Gasteiger partial charge in [0.25, 0.3) is 0 Å². The van der Waals surface area contributed by atoms with Crippen LogP contribution in [-0.4, -0.2) is 23.4 Å². The summed E-state index contributed by atoms with van der Waals surface area (Å²) >= 11 is 0. The van der Waals surface area contributed by atoms with Crippen molar-refractivity contribution in [3.8, 4) is 5.75 Å². The number of hydrogen-bond donors (Lipinski definition) is 3. The molecule has 4 heteroatoms. The Bertz CT molecular complexity index is 403. The molecule has 0 aliphatic carbocycles. The van der Waals surface area contributed by atoms with Crippen molar-refractivity contribution in [1.82, 2.24) is 0 Å². The number of nitrogen functional groups attached to an aromatic ring is 1. The second kappa shape index (κ2) is 6.66. The molecule has 0 bridgehead atoms. The molecule has 0 heterocycles. The van der Waals surface area contributed by atoms with E-state index in [2.05, 4.69) is 12.2 Å². The van der Waals surface area contributed by atoms with Crippen LogP contribution in [0.2, 0.25) is 0 Å². The average Bonchev–Trinajstić information content (AvgIpc) is 2.24. The first-order valence-electron chi connectivity index (χ1n) is 6.86. The molecule has 0 amide bonds. The van der Waals surface area contributed by atoms with Crippen LogP contribution in [-0.2, 0) is 0 Å². The Labute approximate surface area is 116 Å². The summed E-state index contributed by atoms with van der Waals surface area (Å²) in [6, 6.07) is 5.54. The molecule has 0 aliphatic heterocycles. The molecule has 1 unspecified atom stereocenters. The third kappa shape index (κ3) is 5.83. The highest BCUT2D eigenvalue weighted by Gasteiger charge is 2.18. The predicted molar refractivity (Wildman–Crippen MR) is 80.6 cm³/mol. The molecule has 0 radical (unpaired) electrons. The predicted octanol–water partition coefficient (Wildman–Crippen LogP) is 3.02. The number of benzene rings is 1. The molecule has 0 aromatic heterocycles. The van der Waals surface area contributed by atoms with Crippen molar-refractivity contribution in [3.63, 3.8) is 0 Å². The molecule has 1 atom stereocenters. The first-order valence-corrected chi connectivity index (χ1v) is 6.86. The van der Waals surface area contributed by atoms with E-state index in [0.717, 1.165) is 24.3 Å². The lowest BCUT2D eigenvalue weighted by molar-refractivity contribution is 0.0637. The Morgan fingerprint density at radius 2 is 2.05 bits per heavy atom. The van der Waals surface area contributed by atoms with Crippen molar-refractivity contribution >= 4 is 11.4 Å². The number of hydrogen-bond acceptors (Lipinski definition) is 4. The number of anilines is 2. The second-order valence-electron chi connectivity index (χ2n) is 5.56. The Balaban J connectivity index is 2.70. The van der Waals surface area contributed by atoms with E-state index in [1.54, 1.807) is 6.07 Å². The molecular formula is C15H26N2O2. The number of nitrogens with one attached hydrogen (secondary N) is 1. The monoisotopic (exact) mass is 266 g/mol. The van der Waals surface area contributed by atoms with E-state index in [-0.39, 0.29) is 6.10 Å². The van der Waals surface area contributed by atoms with Gasteiger partial charge in [-0.05, 0) is 33.3 Å². The van der Waals surface area contributed by atoms with Gasteiger partial charge in [-0.25, -0.2) is 0 Å². The largest absolute Gasteiger partial charge is 0.491 e. The van der Waals surface area contributed by atoms with Crippen molar-refractivity contribution in [2.45, 2.75) is 52.2 Å². The molecule has 108 valence electrons. The lowest BCUT2D eigenvalue weighted by Gasteiger charge is -2.24. The summed E-state index contributed by atoms with van der Waals surface area (Å²) in [6.07, 6.45) is 1.82. The third-order valence-corrected chi connectivity index (χ3v) is 2.76. The Kier molecular flexibility index (Phi) is 5.48. The highest BCUT2D eigenvalue weighted by atomic mass is 16.5. The van der Waals surface area contributed by atoms with Crippen molar-refractivity contribution in [2.75, 3.05) is 17.6 Å². The molecule has 4 nitrogen and oxygen atoms in total. The van der Waals surface area contributed by atoms with Crippen molar-refractivity contribution in [2.24, 2.45) is 0 Å². The van der Waals surface area contributed by atoms with Crippen LogP contribution in [0.25, 0.3) is 0 Å². The van der Waals surface area contributed by atoms with Gasteiger partial charge in [0.15, 0.2) is 0 Å². The zero-order valence-corrected chi connectivity index (χ0v) is 12.4. The summed E-state index contributed by atoms with van der Waals surface area (Å²) in [7, 11) is 0. The van der Waals surface area contributed by atoms with Gasteiger partial charge in [0.1, 0.15) is 5.75 Å². The topological polar surface area (TPSA) is 67.5 Å². The minimum absolute atomic E-state index is 0.109. The Hall–Kier alpha value is -1.42. The lowest BCUT2D eigenvalue weighted by atomic mass is 10.0. The summed E-state index contributed by atoms with van der Waals surface area (Å²) in [5.41, 5.74) is 6.66. The maximum Gasteiger partial charge on any atom is 0.123 e. The van der Waals surface area contributed by atoms with Crippen LogP contribution in [0.3, 0.4) is 0 Å². The fraction of sp³-hybridized carbons (Fsp3) is 0.600. The first kappa shape index (κ1) is 15.6. The normalized spacial score (nSPS) is 14.2. The minimum atomic E-state index is -0.710. The maximum absolute atomic E-state index is 10.1. The van der Waals surface area contributed by atoms with Gasteiger partial charge in [0.05, 0.1) is 11.7 Å². The van der Waals surface area contributed by atoms with Gasteiger partial charge in [-0.2, -0.15) is 0 Å². The molecule has 0 saturated carbocycles. The lowest BCUT2D eigenvalue weighted by Crippen LogP contribution is -2.33. The van der Waals surface area contributed by atoms with Crippen LogP contribution in [0.1, 0.15) is 40.5 Å². The van der Waals surface area contributed by atoms with Gasteiger partial charge in [0.2, 0.25) is 0 Å². The summed E-state index contributed by atoms with van der Waals surface area (Å²) < 4.78 is 5.63. The first-order chi connectivity index (χ1) is 8.82. The van der Waals surface area contributed by atoms with E-state index in [1.165, 1.54) is 0 Å². The molecule has 0 fully saturated rings. The van der Waals surface area contributed by atoms with Crippen LogP contribution in [0, 0.1) is 0 Å². The molecule has 0 aliphatic rings. The Morgan fingerprint density at radius 1 is 1.37 bits per heavy atom. The molecule has 0 spiro atoms.